The van der Waals surface area contributed by atoms with Crippen molar-refractivity contribution in [3.05, 3.63) is 64.7 Å². The maximum atomic E-state index is 13.9. The molecule has 1 aliphatic carbocycles. The number of anilines is 2. The second-order valence-corrected chi connectivity index (χ2v) is 12.5. The van der Waals surface area contributed by atoms with E-state index in [-0.39, 0.29) is 11.8 Å². The number of fused-ring (bicyclic) bond motifs is 3. The Kier molecular flexibility index (Phi) is 6.40. The van der Waals surface area contributed by atoms with Crippen LogP contribution in [0.25, 0.3) is 10.4 Å². The Bertz CT molecular complexity index is 1400. The number of carbonyl (C=O) groups is 2. The summed E-state index contributed by atoms with van der Waals surface area (Å²) in [6.07, 6.45) is 7.44. The first-order valence-electron chi connectivity index (χ1n) is 14.2. The Morgan fingerprint density at radius 2 is 1.77 bits per heavy atom. The van der Waals surface area contributed by atoms with E-state index >= 15 is 0 Å². The molecule has 2 amide bonds. The number of thiophene rings is 1. The van der Waals surface area contributed by atoms with Gasteiger partial charge in [-0.3, -0.25) is 9.59 Å². The predicted octanol–water partition coefficient (Wildman–Crippen LogP) is 5.30. The van der Waals surface area contributed by atoms with Gasteiger partial charge in [0.15, 0.2) is 0 Å². The lowest BCUT2D eigenvalue weighted by Crippen LogP contribution is -2.43. The molecule has 1 saturated carbocycles. The summed E-state index contributed by atoms with van der Waals surface area (Å²) in [6.45, 7) is 4.23. The van der Waals surface area contributed by atoms with Crippen molar-refractivity contribution < 1.29 is 14.3 Å². The van der Waals surface area contributed by atoms with Gasteiger partial charge in [0, 0.05) is 49.3 Å². The molecular formula is C31H34N4O3S. The molecule has 2 saturated heterocycles. The average molecular weight is 543 g/mol. The lowest BCUT2D eigenvalue weighted by molar-refractivity contribution is 0.00205. The molecule has 3 fully saturated rings. The van der Waals surface area contributed by atoms with E-state index in [4.69, 9.17) is 9.72 Å². The number of carbonyl (C=O) groups excluding carboxylic acids is 2. The summed E-state index contributed by atoms with van der Waals surface area (Å²) in [5.41, 5.74) is 3.90. The molecule has 2 aromatic heterocycles. The SMILES string of the molecule is O=C(NC1CC1)c1cc2c(s1)-c1ccccc1N(C(=O)c1cccc(N3CCC4(CCOCC4)CC3)n1)CC2. The van der Waals surface area contributed by atoms with Crippen molar-refractivity contribution in [3.8, 4) is 10.4 Å². The zero-order valence-electron chi connectivity index (χ0n) is 22.2. The minimum Gasteiger partial charge on any atom is -0.381 e. The van der Waals surface area contributed by atoms with Crippen LogP contribution in [0.2, 0.25) is 0 Å². The second-order valence-electron chi connectivity index (χ2n) is 11.4. The van der Waals surface area contributed by atoms with Crippen LogP contribution in [0.4, 0.5) is 11.5 Å². The van der Waals surface area contributed by atoms with Gasteiger partial charge < -0.3 is 19.9 Å². The zero-order valence-corrected chi connectivity index (χ0v) is 23.0. The van der Waals surface area contributed by atoms with Crippen LogP contribution in [0.1, 0.15) is 64.2 Å². The predicted molar refractivity (Wildman–Crippen MR) is 154 cm³/mol. The highest BCUT2D eigenvalue weighted by molar-refractivity contribution is 7.17. The Hall–Kier alpha value is -3.23. The van der Waals surface area contributed by atoms with E-state index in [0.29, 0.717) is 30.1 Å². The Morgan fingerprint density at radius 3 is 2.56 bits per heavy atom. The molecule has 4 aliphatic rings. The van der Waals surface area contributed by atoms with Crippen molar-refractivity contribution in [2.75, 3.05) is 42.6 Å². The van der Waals surface area contributed by atoms with E-state index in [1.54, 1.807) is 0 Å². The van der Waals surface area contributed by atoms with Crippen molar-refractivity contribution >= 4 is 34.7 Å². The number of benzene rings is 1. The van der Waals surface area contributed by atoms with E-state index in [2.05, 4.69) is 16.3 Å². The molecule has 5 heterocycles. The van der Waals surface area contributed by atoms with Crippen LogP contribution in [0, 0.1) is 5.41 Å². The summed E-state index contributed by atoms with van der Waals surface area (Å²) >= 11 is 1.53. The third kappa shape index (κ3) is 4.85. The van der Waals surface area contributed by atoms with Crippen LogP contribution in [0.15, 0.2) is 48.5 Å². The number of aromatic nitrogens is 1. The molecule has 0 bridgehead atoms. The number of rotatable bonds is 4. The maximum Gasteiger partial charge on any atom is 0.276 e. The van der Waals surface area contributed by atoms with E-state index in [9.17, 15) is 9.59 Å². The molecule has 202 valence electrons. The smallest absolute Gasteiger partial charge is 0.276 e. The summed E-state index contributed by atoms with van der Waals surface area (Å²) < 4.78 is 5.60. The first-order valence-corrected chi connectivity index (χ1v) is 15.0. The van der Waals surface area contributed by atoms with Gasteiger partial charge in [-0.15, -0.1) is 11.3 Å². The number of para-hydroxylation sites is 1. The van der Waals surface area contributed by atoms with E-state index < -0.39 is 0 Å². The van der Waals surface area contributed by atoms with Gasteiger partial charge in [0.05, 0.1) is 10.6 Å². The molecular weight excluding hydrogens is 508 g/mol. The van der Waals surface area contributed by atoms with E-state index in [0.717, 1.165) is 97.2 Å². The summed E-state index contributed by atoms with van der Waals surface area (Å²) in [7, 11) is 0. The van der Waals surface area contributed by atoms with Gasteiger partial charge in [0.2, 0.25) is 0 Å². The molecule has 0 atom stereocenters. The minimum atomic E-state index is -0.0796. The summed E-state index contributed by atoms with van der Waals surface area (Å²) in [6, 6.07) is 16.2. The number of pyridine rings is 1. The molecule has 1 N–H and O–H groups in total. The van der Waals surface area contributed by atoms with Crippen LogP contribution >= 0.6 is 11.3 Å². The molecule has 7 nitrogen and oxygen atoms in total. The van der Waals surface area contributed by atoms with Crippen molar-refractivity contribution in [1.29, 1.82) is 0 Å². The van der Waals surface area contributed by atoms with Crippen LogP contribution in [-0.2, 0) is 11.2 Å². The largest absolute Gasteiger partial charge is 0.381 e. The maximum absolute atomic E-state index is 13.9. The van der Waals surface area contributed by atoms with Crippen molar-refractivity contribution in [2.24, 2.45) is 5.41 Å². The first kappa shape index (κ1) is 24.8. The van der Waals surface area contributed by atoms with Crippen LogP contribution in [0.3, 0.4) is 0 Å². The van der Waals surface area contributed by atoms with Gasteiger partial charge in [-0.2, -0.15) is 0 Å². The van der Waals surface area contributed by atoms with Gasteiger partial charge in [0.25, 0.3) is 11.8 Å². The lowest BCUT2D eigenvalue weighted by Gasteiger charge is -2.44. The first-order chi connectivity index (χ1) is 19.1. The third-order valence-corrected chi connectivity index (χ3v) is 10.1. The second kappa shape index (κ2) is 10.1. The average Bonchev–Trinajstić information content (AvgIpc) is 3.72. The molecule has 0 radical (unpaired) electrons. The summed E-state index contributed by atoms with van der Waals surface area (Å²) in [5.74, 6) is 0.822. The third-order valence-electron chi connectivity index (χ3n) is 8.89. The number of hydrogen-bond donors (Lipinski definition) is 1. The molecule has 3 aromatic rings. The fourth-order valence-corrected chi connectivity index (χ4v) is 7.42. The highest BCUT2D eigenvalue weighted by atomic mass is 32.1. The molecule has 7 rings (SSSR count). The van der Waals surface area contributed by atoms with Gasteiger partial charge >= 0.3 is 0 Å². The summed E-state index contributed by atoms with van der Waals surface area (Å²) in [5, 5.41) is 3.11. The molecule has 1 aromatic carbocycles. The number of piperidine rings is 1. The number of nitrogens with zero attached hydrogens (tertiary/aromatic N) is 3. The molecule has 0 unspecified atom stereocenters. The van der Waals surface area contributed by atoms with Gasteiger partial charge in [-0.25, -0.2) is 4.98 Å². The van der Waals surface area contributed by atoms with Gasteiger partial charge in [0.1, 0.15) is 11.5 Å². The highest BCUT2D eigenvalue weighted by Gasteiger charge is 2.36. The fraction of sp³-hybridized carbons (Fsp3) is 0.452. The molecule has 3 aliphatic heterocycles. The highest BCUT2D eigenvalue weighted by Crippen LogP contribution is 2.43. The fourth-order valence-electron chi connectivity index (χ4n) is 6.27. The topological polar surface area (TPSA) is 74.8 Å². The standard InChI is InChI=1S/C31H34N4O3S/c36-29(32-22-8-9-22)26-20-21-10-15-35(25-6-2-1-4-23(25)28(21)39-26)30(37)24-5-3-7-27(33-24)34-16-11-31(12-17-34)13-18-38-19-14-31/h1-7,20,22H,8-19H2,(H,32,36). The van der Waals surface area contributed by atoms with Crippen LogP contribution in [0.5, 0.6) is 0 Å². The summed E-state index contributed by atoms with van der Waals surface area (Å²) in [4.78, 5) is 37.6. The molecule has 39 heavy (non-hydrogen) atoms. The molecule has 1 spiro atoms. The van der Waals surface area contributed by atoms with Crippen LogP contribution in [-0.4, -0.2) is 55.7 Å². The van der Waals surface area contributed by atoms with Gasteiger partial charge in [-0.05, 0) is 80.2 Å². The Labute approximate surface area is 233 Å². The normalized spacial score (nSPS) is 20.2. The van der Waals surface area contributed by atoms with E-state index in [1.807, 2.05) is 47.4 Å². The Morgan fingerprint density at radius 1 is 0.974 bits per heavy atom. The van der Waals surface area contributed by atoms with Gasteiger partial charge in [-0.1, -0.05) is 24.3 Å². The van der Waals surface area contributed by atoms with Crippen molar-refractivity contribution in [1.82, 2.24) is 10.3 Å². The number of nitrogens with one attached hydrogen (secondary N) is 1. The minimum absolute atomic E-state index is 0.0162. The van der Waals surface area contributed by atoms with Crippen molar-refractivity contribution in [3.63, 3.8) is 0 Å². The monoisotopic (exact) mass is 542 g/mol. The lowest BCUT2D eigenvalue weighted by atomic mass is 9.72. The van der Waals surface area contributed by atoms with E-state index in [1.165, 1.54) is 11.3 Å². The number of ether oxygens (including phenoxy) is 1. The quantitative estimate of drug-likeness (QED) is 0.484. The zero-order chi connectivity index (χ0) is 26.4. The number of amides is 2. The Balaban J connectivity index is 1.12. The van der Waals surface area contributed by atoms with Crippen molar-refractivity contribution in [2.45, 2.75) is 51.0 Å². The van der Waals surface area contributed by atoms with Crippen LogP contribution < -0.4 is 15.1 Å². The number of hydrogen-bond acceptors (Lipinski definition) is 6. The molecule has 8 heteroatoms.